The van der Waals surface area contributed by atoms with Gasteiger partial charge >= 0.3 is 0 Å². The average molecular weight is 329 g/mol. The van der Waals surface area contributed by atoms with Gasteiger partial charge < -0.3 is 19.9 Å². The first-order valence-corrected chi connectivity index (χ1v) is 8.19. The first-order chi connectivity index (χ1) is 11.6. The fraction of sp³-hybridized carbons (Fsp3) is 0.444. The molecular formula is C18H27N5O. The predicted octanol–water partition coefficient (Wildman–Crippen LogP) is 2.35. The molecule has 0 unspecified atom stereocenters. The van der Waals surface area contributed by atoms with Gasteiger partial charge in [0.2, 0.25) is 0 Å². The first kappa shape index (κ1) is 18.0. The highest BCUT2D eigenvalue weighted by atomic mass is 16.5. The first-order valence-electron chi connectivity index (χ1n) is 8.19. The van der Waals surface area contributed by atoms with Gasteiger partial charge in [-0.2, -0.15) is 0 Å². The molecule has 1 aromatic carbocycles. The Morgan fingerprint density at radius 2 is 2.08 bits per heavy atom. The maximum Gasteiger partial charge on any atom is 0.191 e. The molecule has 0 aliphatic carbocycles. The number of rotatable bonds is 7. The van der Waals surface area contributed by atoms with Crippen LogP contribution in [0.1, 0.15) is 26.3 Å². The van der Waals surface area contributed by atoms with Crippen molar-refractivity contribution in [2.75, 3.05) is 20.2 Å². The van der Waals surface area contributed by atoms with E-state index in [1.807, 2.05) is 36.7 Å². The molecule has 0 fully saturated rings. The molecule has 6 nitrogen and oxygen atoms in total. The minimum absolute atomic E-state index is 0.245. The van der Waals surface area contributed by atoms with Gasteiger partial charge in [0.15, 0.2) is 5.96 Å². The second-order valence-corrected chi connectivity index (χ2v) is 6.11. The Morgan fingerprint density at radius 3 is 2.75 bits per heavy atom. The van der Waals surface area contributed by atoms with Crippen LogP contribution in [0.2, 0.25) is 0 Å². The van der Waals surface area contributed by atoms with E-state index in [4.69, 9.17) is 9.73 Å². The van der Waals surface area contributed by atoms with Gasteiger partial charge in [0, 0.05) is 32.6 Å². The quantitative estimate of drug-likeness (QED) is 0.605. The molecule has 0 saturated carbocycles. The molecule has 0 aliphatic heterocycles. The summed E-state index contributed by atoms with van der Waals surface area (Å²) < 4.78 is 7.44. The molecule has 0 aliphatic rings. The van der Waals surface area contributed by atoms with Crippen molar-refractivity contribution in [2.24, 2.45) is 4.99 Å². The molecule has 0 amide bonds. The normalized spacial score (nSPS) is 12.2. The minimum Gasteiger partial charge on any atom is -0.377 e. The predicted molar refractivity (Wildman–Crippen MR) is 97.5 cm³/mol. The van der Waals surface area contributed by atoms with Gasteiger partial charge in [-0.3, -0.25) is 0 Å². The highest BCUT2D eigenvalue weighted by Crippen LogP contribution is 2.15. The van der Waals surface area contributed by atoms with Crippen molar-refractivity contribution in [3.63, 3.8) is 0 Å². The van der Waals surface area contributed by atoms with Crippen molar-refractivity contribution < 1.29 is 4.74 Å². The third kappa shape index (κ3) is 5.09. The van der Waals surface area contributed by atoms with Crippen LogP contribution in [-0.2, 0) is 11.3 Å². The van der Waals surface area contributed by atoms with Crippen molar-refractivity contribution in [2.45, 2.75) is 32.9 Å². The van der Waals surface area contributed by atoms with Gasteiger partial charge in [-0.05, 0) is 32.4 Å². The second kappa shape index (κ2) is 8.49. The van der Waals surface area contributed by atoms with Gasteiger partial charge in [-0.15, -0.1) is 0 Å². The molecule has 0 spiro atoms. The van der Waals surface area contributed by atoms with Crippen LogP contribution < -0.4 is 10.6 Å². The lowest BCUT2D eigenvalue weighted by molar-refractivity contribution is 0.0268. The zero-order valence-electron chi connectivity index (χ0n) is 14.9. The average Bonchev–Trinajstić information content (AvgIpc) is 3.12. The van der Waals surface area contributed by atoms with Crippen molar-refractivity contribution in [3.05, 3.63) is 48.5 Å². The SMILES string of the molecule is CCNC(=NCc1ccccc1-n1ccnc1)NCC(C)(C)OC. The zero-order valence-corrected chi connectivity index (χ0v) is 14.9. The second-order valence-electron chi connectivity index (χ2n) is 6.11. The molecule has 6 heteroatoms. The van der Waals surface area contributed by atoms with Gasteiger partial charge in [0.1, 0.15) is 0 Å². The Labute approximate surface area is 144 Å². The van der Waals surface area contributed by atoms with Crippen molar-refractivity contribution in [3.8, 4) is 5.69 Å². The summed E-state index contributed by atoms with van der Waals surface area (Å²) in [6, 6.07) is 8.20. The smallest absolute Gasteiger partial charge is 0.191 e. The lowest BCUT2D eigenvalue weighted by Gasteiger charge is -2.24. The summed E-state index contributed by atoms with van der Waals surface area (Å²) in [5.74, 6) is 0.781. The number of methoxy groups -OCH3 is 1. The summed E-state index contributed by atoms with van der Waals surface area (Å²) in [4.78, 5) is 8.82. The van der Waals surface area contributed by atoms with Crippen LogP contribution in [0.5, 0.6) is 0 Å². The Bertz CT molecular complexity index is 649. The van der Waals surface area contributed by atoms with Crippen LogP contribution in [0, 0.1) is 0 Å². The standard InChI is InChI=1S/C18H27N5O/c1-5-20-17(22-13-18(2,3)24-4)21-12-15-8-6-7-9-16(15)23-11-10-19-14-23/h6-11,14H,5,12-13H2,1-4H3,(H2,20,21,22). The van der Waals surface area contributed by atoms with Crippen LogP contribution in [0.3, 0.4) is 0 Å². The fourth-order valence-corrected chi connectivity index (χ4v) is 2.17. The minimum atomic E-state index is -0.245. The number of guanidine groups is 1. The van der Waals surface area contributed by atoms with E-state index in [9.17, 15) is 0 Å². The van der Waals surface area contributed by atoms with Crippen molar-refractivity contribution in [1.29, 1.82) is 0 Å². The Hall–Kier alpha value is -2.34. The Balaban J connectivity index is 2.12. The summed E-state index contributed by atoms with van der Waals surface area (Å²) in [7, 11) is 1.72. The molecule has 0 bridgehead atoms. The number of nitrogens with one attached hydrogen (secondary N) is 2. The topological polar surface area (TPSA) is 63.5 Å². The maximum atomic E-state index is 5.44. The molecule has 0 atom stereocenters. The molecule has 2 rings (SSSR count). The molecule has 2 N–H and O–H groups in total. The lowest BCUT2D eigenvalue weighted by atomic mass is 10.1. The van der Waals surface area contributed by atoms with E-state index >= 15 is 0 Å². The van der Waals surface area contributed by atoms with Crippen LogP contribution in [0.4, 0.5) is 0 Å². The summed E-state index contributed by atoms with van der Waals surface area (Å²) in [6.07, 6.45) is 5.51. The highest BCUT2D eigenvalue weighted by molar-refractivity contribution is 5.79. The Kier molecular flexibility index (Phi) is 6.37. The molecule has 130 valence electrons. The number of nitrogens with zero attached hydrogens (tertiary/aromatic N) is 3. The molecule has 0 saturated heterocycles. The van der Waals surface area contributed by atoms with Gasteiger partial charge in [0.25, 0.3) is 0 Å². The zero-order chi connectivity index (χ0) is 17.4. The highest BCUT2D eigenvalue weighted by Gasteiger charge is 2.16. The van der Waals surface area contributed by atoms with E-state index < -0.39 is 0 Å². The Morgan fingerprint density at radius 1 is 1.29 bits per heavy atom. The number of hydrogen-bond donors (Lipinski definition) is 2. The third-order valence-corrected chi connectivity index (χ3v) is 3.76. The third-order valence-electron chi connectivity index (χ3n) is 3.76. The van der Waals surface area contributed by atoms with E-state index in [0.717, 1.165) is 23.8 Å². The number of imidazole rings is 1. The van der Waals surface area contributed by atoms with Crippen LogP contribution in [0.15, 0.2) is 48.0 Å². The van der Waals surface area contributed by atoms with Gasteiger partial charge in [-0.1, -0.05) is 18.2 Å². The molecule has 0 radical (unpaired) electrons. The van der Waals surface area contributed by atoms with Crippen LogP contribution in [-0.4, -0.2) is 41.3 Å². The van der Waals surface area contributed by atoms with E-state index in [1.165, 1.54) is 0 Å². The van der Waals surface area contributed by atoms with Crippen LogP contribution in [0.25, 0.3) is 5.69 Å². The largest absolute Gasteiger partial charge is 0.377 e. The number of hydrogen-bond acceptors (Lipinski definition) is 3. The number of ether oxygens (including phenoxy) is 1. The number of aliphatic imine (C=N–C) groups is 1. The number of aromatic nitrogens is 2. The van der Waals surface area contributed by atoms with Crippen LogP contribution >= 0.6 is 0 Å². The molecular weight excluding hydrogens is 302 g/mol. The summed E-state index contributed by atoms with van der Waals surface area (Å²) in [5.41, 5.74) is 1.98. The molecule has 24 heavy (non-hydrogen) atoms. The summed E-state index contributed by atoms with van der Waals surface area (Å²) in [5, 5.41) is 6.60. The van der Waals surface area contributed by atoms with Crippen molar-refractivity contribution >= 4 is 5.96 Å². The van der Waals surface area contributed by atoms with Crippen molar-refractivity contribution in [1.82, 2.24) is 20.2 Å². The summed E-state index contributed by atoms with van der Waals surface area (Å²) >= 11 is 0. The van der Waals surface area contributed by atoms with E-state index in [-0.39, 0.29) is 5.60 Å². The maximum absolute atomic E-state index is 5.44. The van der Waals surface area contributed by atoms with E-state index in [1.54, 1.807) is 19.6 Å². The van der Waals surface area contributed by atoms with Gasteiger partial charge in [0.05, 0.1) is 24.2 Å². The molecule has 2 aromatic rings. The molecule has 1 aromatic heterocycles. The van der Waals surface area contributed by atoms with E-state index in [0.29, 0.717) is 13.1 Å². The number of para-hydroxylation sites is 1. The van der Waals surface area contributed by atoms with E-state index in [2.05, 4.69) is 34.7 Å². The monoisotopic (exact) mass is 329 g/mol. The molecule has 1 heterocycles. The lowest BCUT2D eigenvalue weighted by Crippen LogP contribution is -2.45. The fourth-order valence-electron chi connectivity index (χ4n) is 2.17. The van der Waals surface area contributed by atoms with Gasteiger partial charge in [-0.25, -0.2) is 9.98 Å². The number of benzene rings is 1. The summed E-state index contributed by atoms with van der Waals surface area (Å²) in [6.45, 7) is 8.20.